The van der Waals surface area contributed by atoms with Crippen molar-refractivity contribution in [1.82, 2.24) is 9.80 Å². The van der Waals surface area contributed by atoms with Crippen LogP contribution in [0.25, 0.3) is 0 Å². The van der Waals surface area contributed by atoms with Crippen molar-refractivity contribution in [3.63, 3.8) is 0 Å². The molecule has 166 valence electrons. The monoisotopic (exact) mass is 420 g/mol. The van der Waals surface area contributed by atoms with Gasteiger partial charge in [0.1, 0.15) is 5.60 Å². The van der Waals surface area contributed by atoms with Crippen molar-refractivity contribution >= 4 is 23.4 Å². The van der Waals surface area contributed by atoms with Gasteiger partial charge in [-0.3, -0.25) is 19.8 Å². The number of likely N-dealkylation sites (tertiary alicyclic amines) is 1. The first-order valence-corrected chi connectivity index (χ1v) is 10.2. The number of hydrogen-bond donors (Lipinski definition) is 1. The number of piperidine rings is 1. The van der Waals surface area contributed by atoms with Gasteiger partial charge in [0.25, 0.3) is 5.69 Å². The fourth-order valence-corrected chi connectivity index (χ4v) is 3.53. The first-order chi connectivity index (χ1) is 13.9. The Balaban J connectivity index is 1.87. The van der Waals surface area contributed by atoms with E-state index < -0.39 is 10.5 Å². The number of carbonyl (C=O) groups is 2. The second-order valence-corrected chi connectivity index (χ2v) is 8.91. The van der Waals surface area contributed by atoms with Gasteiger partial charge in [0.2, 0.25) is 5.91 Å². The van der Waals surface area contributed by atoms with Crippen LogP contribution < -0.4 is 5.32 Å². The minimum Gasteiger partial charge on any atom is -0.444 e. The molecule has 1 atom stereocenters. The number of benzene rings is 1. The van der Waals surface area contributed by atoms with Gasteiger partial charge < -0.3 is 15.0 Å². The molecular formula is C21H32N4O5. The van der Waals surface area contributed by atoms with E-state index in [0.717, 1.165) is 19.4 Å². The molecule has 1 aromatic rings. The second-order valence-electron chi connectivity index (χ2n) is 8.91. The van der Waals surface area contributed by atoms with E-state index in [1.54, 1.807) is 31.0 Å². The predicted molar refractivity (Wildman–Crippen MR) is 114 cm³/mol. The summed E-state index contributed by atoms with van der Waals surface area (Å²) in [6.45, 7) is 9.44. The molecule has 30 heavy (non-hydrogen) atoms. The van der Waals surface area contributed by atoms with Gasteiger partial charge in [0.15, 0.2) is 0 Å². The van der Waals surface area contributed by atoms with E-state index in [4.69, 9.17) is 4.74 Å². The number of hydrogen-bond acceptors (Lipinski definition) is 6. The second kappa shape index (κ2) is 9.88. The number of nitro groups is 1. The fourth-order valence-electron chi connectivity index (χ4n) is 3.53. The Labute approximate surface area is 177 Å². The van der Waals surface area contributed by atoms with Crippen molar-refractivity contribution in [2.75, 3.05) is 38.5 Å². The molecule has 1 saturated heterocycles. The van der Waals surface area contributed by atoms with Gasteiger partial charge in [-0.05, 0) is 59.1 Å². The van der Waals surface area contributed by atoms with Crippen molar-refractivity contribution < 1.29 is 19.2 Å². The molecule has 0 aromatic heterocycles. The predicted octanol–water partition coefficient (Wildman–Crippen LogP) is 3.42. The molecule has 1 unspecified atom stereocenters. The number of nitrogens with one attached hydrogen (secondary N) is 1. The van der Waals surface area contributed by atoms with Crippen molar-refractivity contribution in [2.45, 2.75) is 46.1 Å². The molecule has 2 rings (SSSR count). The summed E-state index contributed by atoms with van der Waals surface area (Å²) in [5, 5.41) is 13.8. The standard InChI is InChI=1S/C21H32N4O5/c1-15-8-9-17(11-18(15)25(28)29)22-19(26)14-24-10-6-7-16(13-24)12-23(5)20(27)30-21(2,3)4/h8-9,11,16H,6-7,10,12-14H2,1-5H3,(H,22,26). The molecule has 0 bridgehead atoms. The van der Waals surface area contributed by atoms with Gasteiger partial charge in [-0.15, -0.1) is 0 Å². The summed E-state index contributed by atoms with van der Waals surface area (Å²) in [4.78, 5) is 38.9. The molecule has 1 aliphatic rings. The zero-order chi connectivity index (χ0) is 22.5. The summed E-state index contributed by atoms with van der Waals surface area (Å²) >= 11 is 0. The van der Waals surface area contributed by atoms with Crippen LogP contribution in [0.5, 0.6) is 0 Å². The molecular weight excluding hydrogens is 388 g/mol. The molecule has 0 aliphatic carbocycles. The Kier molecular flexibility index (Phi) is 7.77. The number of nitro benzene ring substituents is 1. The van der Waals surface area contributed by atoms with Gasteiger partial charge in [0, 0.05) is 37.5 Å². The van der Waals surface area contributed by atoms with Gasteiger partial charge in [-0.2, -0.15) is 0 Å². The van der Waals surface area contributed by atoms with E-state index in [0.29, 0.717) is 24.3 Å². The average Bonchev–Trinajstić information content (AvgIpc) is 2.61. The minimum absolute atomic E-state index is 0.0176. The summed E-state index contributed by atoms with van der Waals surface area (Å²) < 4.78 is 5.39. The van der Waals surface area contributed by atoms with E-state index in [-0.39, 0.29) is 30.2 Å². The maximum absolute atomic E-state index is 12.4. The highest BCUT2D eigenvalue weighted by Gasteiger charge is 2.26. The lowest BCUT2D eigenvalue weighted by Gasteiger charge is -2.34. The van der Waals surface area contributed by atoms with Crippen LogP contribution in [0.3, 0.4) is 0 Å². The molecule has 9 heteroatoms. The summed E-state index contributed by atoms with van der Waals surface area (Å²) in [5.41, 5.74) is 0.408. The number of rotatable bonds is 6. The van der Waals surface area contributed by atoms with Crippen LogP contribution in [0.15, 0.2) is 18.2 Å². The third kappa shape index (κ3) is 7.29. The van der Waals surface area contributed by atoms with Gasteiger partial charge in [-0.25, -0.2) is 4.79 Å². The van der Waals surface area contributed by atoms with Crippen molar-refractivity contribution in [2.24, 2.45) is 5.92 Å². The number of carbonyl (C=O) groups excluding carboxylic acids is 2. The number of anilines is 1. The molecule has 1 heterocycles. The average molecular weight is 421 g/mol. The topological polar surface area (TPSA) is 105 Å². The van der Waals surface area contributed by atoms with E-state index in [1.807, 2.05) is 20.8 Å². The molecule has 1 fully saturated rings. The van der Waals surface area contributed by atoms with Crippen LogP contribution in [0, 0.1) is 23.0 Å². The van der Waals surface area contributed by atoms with Gasteiger partial charge in [0.05, 0.1) is 11.5 Å². The molecule has 1 aromatic carbocycles. The highest BCUT2D eigenvalue weighted by atomic mass is 16.6. The fraction of sp³-hybridized carbons (Fsp3) is 0.619. The summed E-state index contributed by atoms with van der Waals surface area (Å²) in [6, 6.07) is 4.66. The number of amides is 2. The number of ether oxygens (including phenoxy) is 1. The maximum atomic E-state index is 12.4. The molecule has 0 radical (unpaired) electrons. The van der Waals surface area contributed by atoms with Crippen LogP contribution in [-0.2, 0) is 9.53 Å². The summed E-state index contributed by atoms with van der Waals surface area (Å²) in [5.74, 6) is 0.0406. The molecule has 9 nitrogen and oxygen atoms in total. The number of nitrogens with zero attached hydrogens (tertiary/aromatic N) is 3. The first kappa shape index (κ1) is 23.6. The minimum atomic E-state index is -0.535. The lowest BCUT2D eigenvalue weighted by atomic mass is 9.97. The zero-order valence-corrected chi connectivity index (χ0v) is 18.4. The largest absolute Gasteiger partial charge is 0.444 e. The molecule has 2 amide bonds. The maximum Gasteiger partial charge on any atom is 0.410 e. The van der Waals surface area contributed by atoms with Crippen LogP contribution in [0.2, 0.25) is 0 Å². The molecule has 1 aliphatic heterocycles. The summed E-state index contributed by atoms with van der Waals surface area (Å²) in [7, 11) is 1.73. The Bertz CT molecular complexity index is 790. The smallest absolute Gasteiger partial charge is 0.410 e. The van der Waals surface area contributed by atoms with E-state index in [2.05, 4.69) is 10.2 Å². The highest BCUT2D eigenvalue weighted by Crippen LogP contribution is 2.23. The Morgan fingerprint density at radius 2 is 2.07 bits per heavy atom. The van der Waals surface area contributed by atoms with E-state index in [9.17, 15) is 19.7 Å². The Morgan fingerprint density at radius 1 is 1.37 bits per heavy atom. The first-order valence-electron chi connectivity index (χ1n) is 10.2. The Morgan fingerprint density at radius 3 is 2.70 bits per heavy atom. The summed E-state index contributed by atoms with van der Waals surface area (Å²) in [6.07, 6.45) is 1.57. The molecule has 0 spiro atoms. The Hall–Kier alpha value is -2.68. The van der Waals surface area contributed by atoms with Crippen molar-refractivity contribution in [3.8, 4) is 0 Å². The van der Waals surface area contributed by atoms with Crippen LogP contribution >= 0.6 is 0 Å². The third-order valence-corrected chi connectivity index (χ3v) is 4.90. The van der Waals surface area contributed by atoms with Crippen molar-refractivity contribution in [3.05, 3.63) is 33.9 Å². The lowest BCUT2D eigenvalue weighted by molar-refractivity contribution is -0.385. The quantitative estimate of drug-likeness (QED) is 0.558. The van der Waals surface area contributed by atoms with Gasteiger partial charge in [-0.1, -0.05) is 6.07 Å². The highest BCUT2D eigenvalue weighted by molar-refractivity contribution is 5.92. The number of aryl methyl sites for hydroxylation is 1. The van der Waals surface area contributed by atoms with E-state index >= 15 is 0 Å². The van der Waals surface area contributed by atoms with Crippen molar-refractivity contribution in [1.29, 1.82) is 0 Å². The normalized spacial score (nSPS) is 17.3. The molecule has 0 saturated carbocycles. The lowest BCUT2D eigenvalue weighted by Crippen LogP contribution is -2.45. The molecule has 1 N–H and O–H groups in total. The van der Waals surface area contributed by atoms with Gasteiger partial charge >= 0.3 is 6.09 Å². The van der Waals surface area contributed by atoms with Crippen LogP contribution in [-0.4, -0.2) is 65.6 Å². The zero-order valence-electron chi connectivity index (χ0n) is 18.4. The third-order valence-electron chi connectivity index (χ3n) is 4.90. The van der Waals surface area contributed by atoms with Crippen LogP contribution in [0.4, 0.5) is 16.2 Å². The SMILES string of the molecule is Cc1ccc(NC(=O)CN2CCCC(CN(C)C(=O)OC(C)(C)C)C2)cc1[N+](=O)[O-]. The van der Waals surface area contributed by atoms with Crippen LogP contribution in [0.1, 0.15) is 39.2 Å². The van der Waals surface area contributed by atoms with E-state index in [1.165, 1.54) is 6.07 Å².